The molecule has 9 nitrogen and oxygen atoms in total. The summed E-state index contributed by atoms with van der Waals surface area (Å²) in [6.45, 7) is -0.246. The third-order valence-electron chi connectivity index (χ3n) is 5.78. The van der Waals surface area contributed by atoms with Crippen LogP contribution in [0.2, 0.25) is 0 Å². The second-order valence-corrected chi connectivity index (χ2v) is 10.2. The largest absolute Gasteiger partial charge is 0.455 e. The zero-order valence-corrected chi connectivity index (χ0v) is 21.4. The summed E-state index contributed by atoms with van der Waals surface area (Å²) < 4.78 is 34.4. The van der Waals surface area contributed by atoms with E-state index in [1.807, 2.05) is 42.6 Å². The molecule has 1 heterocycles. The molecule has 0 aliphatic heterocycles. The lowest BCUT2D eigenvalue weighted by Crippen LogP contribution is -2.32. The van der Waals surface area contributed by atoms with Gasteiger partial charge in [0.15, 0.2) is 5.75 Å². The van der Waals surface area contributed by atoms with Crippen molar-refractivity contribution in [2.45, 2.75) is 4.90 Å². The average molecular weight is 541 g/mol. The Bertz CT molecular complexity index is 1730. The zero-order valence-electron chi connectivity index (χ0n) is 20.5. The Morgan fingerprint density at radius 3 is 2.36 bits per heavy atom. The molecule has 5 rings (SSSR count). The number of aromatic amines is 1. The highest BCUT2D eigenvalue weighted by Crippen LogP contribution is 2.31. The van der Waals surface area contributed by atoms with Crippen molar-refractivity contribution in [2.75, 3.05) is 16.6 Å². The van der Waals surface area contributed by atoms with Gasteiger partial charge < -0.3 is 20.4 Å². The van der Waals surface area contributed by atoms with Crippen LogP contribution in [0.5, 0.6) is 11.5 Å². The first kappa shape index (κ1) is 25.6. The number of aromatic nitrogens is 1. The number of hydrogen-bond donors (Lipinski definition) is 4. The van der Waals surface area contributed by atoms with Gasteiger partial charge in [0.2, 0.25) is 5.91 Å². The molecule has 4 aromatic carbocycles. The second kappa shape index (κ2) is 11.1. The highest BCUT2D eigenvalue weighted by Gasteiger charge is 2.18. The third kappa shape index (κ3) is 6.25. The van der Waals surface area contributed by atoms with Crippen LogP contribution in [0.25, 0.3) is 10.9 Å². The standard InChI is InChI=1S/C29H24N4O5S/c34-28(32-22-12-15-25-21(18-22)16-17-30-25)19-31-29(35)20-10-13-24(14-11-20)39(36,37)33-26-8-4-5-9-27(26)38-23-6-2-1-3-7-23/h1-18,30,33H,19H2,(H,31,35)(H,32,34). The quantitative estimate of drug-likeness (QED) is 0.206. The van der Waals surface area contributed by atoms with Gasteiger partial charge in [-0.1, -0.05) is 30.3 Å². The van der Waals surface area contributed by atoms with Gasteiger partial charge in [0.05, 0.1) is 17.1 Å². The summed E-state index contributed by atoms with van der Waals surface area (Å²) in [7, 11) is -3.97. The van der Waals surface area contributed by atoms with Crippen LogP contribution in [0.1, 0.15) is 10.4 Å². The molecule has 0 bridgehead atoms. The Balaban J connectivity index is 1.19. The molecule has 2 amide bonds. The van der Waals surface area contributed by atoms with Crippen LogP contribution in [0, 0.1) is 0 Å². The van der Waals surface area contributed by atoms with Crippen molar-refractivity contribution in [1.82, 2.24) is 10.3 Å². The lowest BCUT2D eigenvalue weighted by molar-refractivity contribution is -0.115. The highest BCUT2D eigenvalue weighted by atomic mass is 32.2. The first-order valence-corrected chi connectivity index (χ1v) is 13.5. The Hall–Kier alpha value is -5.09. The minimum Gasteiger partial charge on any atom is -0.455 e. The third-order valence-corrected chi connectivity index (χ3v) is 7.16. The van der Waals surface area contributed by atoms with Crippen LogP contribution in [-0.2, 0) is 14.8 Å². The van der Waals surface area contributed by atoms with Crippen LogP contribution in [0.3, 0.4) is 0 Å². The Morgan fingerprint density at radius 2 is 1.56 bits per heavy atom. The number of sulfonamides is 1. The Labute approximate surface area is 224 Å². The number of fused-ring (bicyclic) bond motifs is 1. The predicted octanol–water partition coefficient (Wildman–Crippen LogP) is 5.13. The molecule has 5 aromatic rings. The first-order valence-electron chi connectivity index (χ1n) is 12.0. The van der Waals surface area contributed by atoms with Crippen LogP contribution in [0.4, 0.5) is 11.4 Å². The molecule has 1 aromatic heterocycles. The maximum Gasteiger partial charge on any atom is 0.262 e. The molecule has 4 N–H and O–H groups in total. The van der Waals surface area contributed by atoms with Crippen LogP contribution in [0.15, 0.2) is 114 Å². The minimum atomic E-state index is -3.97. The number of anilines is 2. The van der Waals surface area contributed by atoms with Crippen molar-refractivity contribution in [1.29, 1.82) is 0 Å². The molecular weight excluding hydrogens is 516 g/mol. The van der Waals surface area contributed by atoms with Crippen molar-refractivity contribution in [3.63, 3.8) is 0 Å². The Kier molecular flexibility index (Phi) is 7.28. The lowest BCUT2D eigenvalue weighted by Gasteiger charge is -2.13. The molecule has 0 unspecified atom stereocenters. The topological polar surface area (TPSA) is 129 Å². The van der Waals surface area contributed by atoms with E-state index < -0.39 is 21.8 Å². The molecule has 0 atom stereocenters. The van der Waals surface area contributed by atoms with E-state index in [9.17, 15) is 18.0 Å². The van der Waals surface area contributed by atoms with Crippen molar-refractivity contribution >= 4 is 44.1 Å². The van der Waals surface area contributed by atoms with Gasteiger partial charge in [-0.3, -0.25) is 14.3 Å². The molecular formula is C29H24N4O5S. The maximum atomic E-state index is 13.0. The zero-order chi connectivity index (χ0) is 27.2. The van der Waals surface area contributed by atoms with E-state index >= 15 is 0 Å². The minimum absolute atomic E-state index is 0.0357. The monoisotopic (exact) mass is 540 g/mol. The van der Waals surface area contributed by atoms with Gasteiger partial charge in [-0.05, 0) is 72.8 Å². The number of ether oxygens (including phenoxy) is 1. The summed E-state index contributed by atoms with van der Waals surface area (Å²) in [4.78, 5) is 27.9. The summed E-state index contributed by atoms with van der Waals surface area (Å²) in [6.07, 6.45) is 1.81. The molecule has 0 fully saturated rings. The number of rotatable bonds is 9. The van der Waals surface area contributed by atoms with E-state index in [1.54, 1.807) is 42.5 Å². The van der Waals surface area contributed by atoms with E-state index in [0.29, 0.717) is 17.2 Å². The molecule has 0 aliphatic rings. The SMILES string of the molecule is O=C(CNC(=O)c1ccc(S(=O)(=O)Nc2ccccc2Oc2ccccc2)cc1)Nc1ccc2[nH]ccc2c1. The fourth-order valence-corrected chi connectivity index (χ4v) is 4.91. The molecule has 0 spiro atoms. The lowest BCUT2D eigenvalue weighted by atomic mass is 10.2. The number of nitrogens with one attached hydrogen (secondary N) is 4. The number of benzene rings is 4. The van der Waals surface area contributed by atoms with Crippen LogP contribution < -0.4 is 20.1 Å². The summed E-state index contributed by atoms with van der Waals surface area (Å²) >= 11 is 0. The number of H-pyrrole nitrogens is 1. The summed E-state index contributed by atoms with van der Waals surface area (Å²) in [5.41, 5.74) is 2.04. The molecule has 39 heavy (non-hydrogen) atoms. The molecule has 0 saturated heterocycles. The predicted molar refractivity (Wildman–Crippen MR) is 149 cm³/mol. The van der Waals surface area contributed by atoms with Crippen molar-refractivity contribution in [3.8, 4) is 11.5 Å². The van der Waals surface area contributed by atoms with Gasteiger partial charge in [0.1, 0.15) is 5.75 Å². The molecule has 0 aliphatic carbocycles. The van der Waals surface area contributed by atoms with Gasteiger partial charge in [-0.2, -0.15) is 0 Å². The highest BCUT2D eigenvalue weighted by molar-refractivity contribution is 7.92. The maximum absolute atomic E-state index is 13.0. The normalized spacial score (nSPS) is 11.1. The van der Waals surface area contributed by atoms with Gasteiger partial charge in [-0.25, -0.2) is 8.42 Å². The van der Waals surface area contributed by atoms with Crippen molar-refractivity contribution in [3.05, 3.63) is 115 Å². The second-order valence-electron chi connectivity index (χ2n) is 8.55. The van der Waals surface area contributed by atoms with E-state index in [2.05, 4.69) is 20.3 Å². The molecule has 0 saturated carbocycles. The molecule has 10 heteroatoms. The van der Waals surface area contributed by atoms with Gasteiger partial charge in [0.25, 0.3) is 15.9 Å². The fourth-order valence-electron chi connectivity index (χ4n) is 3.84. The van der Waals surface area contributed by atoms with Crippen LogP contribution >= 0.6 is 0 Å². The van der Waals surface area contributed by atoms with Crippen molar-refractivity contribution in [2.24, 2.45) is 0 Å². The Morgan fingerprint density at radius 1 is 0.821 bits per heavy atom. The number of amides is 2. The van der Waals surface area contributed by atoms with E-state index in [4.69, 9.17) is 4.74 Å². The summed E-state index contributed by atoms with van der Waals surface area (Å²) in [6, 6.07) is 28.4. The number of hydrogen-bond acceptors (Lipinski definition) is 5. The number of carbonyl (C=O) groups is 2. The average Bonchev–Trinajstić information content (AvgIpc) is 3.41. The fraction of sp³-hybridized carbons (Fsp3) is 0.0345. The van der Waals surface area contributed by atoms with Crippen molar-refractivity contribution < 1.29 is 22.7 Å². The smallest absolute Gasteiger partial charge is 0.262 e. The molecule has 0 radical (unpaired) electrons. The van der Waals surface area contributed by atoms with E-state index in [1.165, 1.54) is 24.3 Å². The number of carbonyl (C=O) groups excluding carboxylic acids is 2. The van der Waals surface area contributed by atoms with E-state index in [0.717, 1.165) is 10.9 Å². The van der Waals surface area contributed by atoms with E-state index in [-0.39, 0.29) is 22.7 Å². The summed E-state index contributed by atoms with van der Waals surface area (Å²) in [5, 5.41) is 6.23. The van der Waals surface area contributed by atoms with Gasteiger partial charge in [0, 0.05) is 28.4 Å². The van der Waals surface area contributed by atoms with Crippen LogP contribution in [-0.4, -0.2) is 31.8 Å². The summed E-state index contributed by atoms with van der Waals surface area (Å²) in [5.74, 6) is 0.00673. The van der Waals surface area contributed by atoms with Gasteiger partial charge in [-0.15, -0.1) is 0 Å². The van der Waals surface area contributed by atoms with Gasteiger partial charge >= 0.3 is 0 Å². The molecule has 196 valence electrons. The number of para-hydroxylation sites is 3. The first-order chi connectivity index (χ1) is 18.9.